The van der Waals surface area contributed by atoms with Crippen LogP contribution in [0.4, 0.5) is 0 Å². The molecule has 1 heterocycles. The molecule has 0 aromatic carbocycles. The predicted octanol–water partition coefficient (Wildman–Crippen LogP) is 2.33. The maximum atomic E-state index is 12.9. The first kappa shape index (κ1) is 15.3. The second-order valence-electron chi connectivity index (χ2n) is 7.12. The van der Waals surface area contributed by atoms with Crippen LogP contribution in [0.3, 0.4) is 0 Å². The van der Waals surface area contributed by atoms with Crippen LogP contribution in [0.25, 0.3) is 0 Å². The molecule has 1 aliphatic carbocycles. The molecule has 0 aromatic rings. The van der Waals surface area contributed by atoms with E-state index in [-0.39, 0.29) is 41.3 Å². The van der Waals surface area contributed by atoms with Gasteiger partial charge in [0.05, 0.1) is 0 Å². The molecule has 1 aliphatic heterocycles. The van der Waals surface area contributed by atoms with E-state index in [0.717, 1.165) is 25.7 Å². The molecule has 0 aromatic heterocycles. The highest BCUT2D eigenvalue weighted by atomic mass is 16.2. The first-order valence-corrected chi connectivity index (χ1v) is 7.95. The van der Waals surface area contributed by atoms with Gasteiger partial charge in [-0.05, 0) is 38.0 Å². The van der Waals surface area contributed by atoms with Crippen molar-refractivity contribution in [3.63, 3.8) is 0 Å². The molecule has 3 unspecified atom stereocenters. The highest BCUT2D eigenvalue weighted by Crippen LogP contribution is 2.41. The summed E-state index contributed by atoms with van der Waals surface area (Å²) in [4.78, 5) is 27.4. The Balaban J connectivity index is 2.34. The predicted molar refractivity (Wildman–Crippen MR) is 79.1 cm³/mol. The van der Waals surface area contributed by atoms with Crippen LogP contribution in [0.1, 0.15) is 60.3 Å². The first-order valence-electron chi connectivity index (χ1n) is 7.95. The summed E-state index contributed by atoms with van der Waals surface area (Å²) in [5.41, 5.74) is -0.116. The van der Waals surface area contributed by atoms with Crippen molar-refractivity contribution < 1.29 is 9.59 Å². The fourth-order valence-electron chi connectivity index (χ4n) is 3.46. The Hall–Kier alpha value is -1.06. The number of piperazine rings is 1. The molecule has 1 saturated carbocycles. The number of rotatable bonds is 4. The number of carbonyl (C=O) groups excluding carboxylic acids is 2. The van der Waals surface area contributed by atoms with Crippen LogP contribution in [-0.2, 0) is 9.59 Å². The van der Waals surface area contributed by atoms with Crippen LogP contribution in [0.2, 0.25) is 0 Å². The van der Waals surface area contributed by atoms with E-state index in [9.17, 15) is 9.59 Å². The van der Waals surface area contributed by atoms with Crippen molar-refractivity contribution >= 4 is 11.8 Å². The standard InChI is InChI=1S/C16H28N2O2/c1-6-11(4)12-15(20)18(16(5)8-7-9-16)13(10(2)3)14(19)17-12/h10-13H,6-9H2,1-5H3,(H,17,19). The summed E-state index contributed by atoms with van der Waals surface area (Å²) < 4.78 is 0. The Morgan fingerprint density at radius 1 is 1.30 bits per heavy atom. The van der Waals surface area contributed by atoms with E-state index in [1.165, 1.54) is 0 Å². The maximum Gasteiger partial charge on any atom is 0.246 e. The molecule has 2 aliphatic rings. The molecule has 4 nitrogen and oxygen atoms in total. The third kappa shape index (κ3) is 2.33. The average molecular weight is 280 g/mol. The number of carbonyl (C=O) groups is 2. The summed E-state index contributed by atoms with van der Waals surface area (Å²) in [6.45, 7) is 10.3. The smallest absolute Gasteiger partial charge is 0.246 e. The summed E-state index contributed by atoms with van der Waals surface area (Å²) in [5, 5.41) is 2.97. The number of hydrogen-bond donors (Lipinski definition) is 1. The zero-order valence-electron chi connectivity index (χ0n) is 13.4. The number of nitrogens with one attached hydrogen (secondary N) is 1. The fourth-order valence-corrected chi connectivity index (χ4v) is 3.46. The highest BCUT2D eigenvalue weighted by Gasteiger charge is 2.52. The lowest BCUT2D eigenvalue weighted by molar-refractivity contribution is -0.164. The minimum Gasteiger partial charge on any atom is -0.342 e. The summed E-state index contributed by atoms with van der Waals surface area (Å²) >= 11 is 0. The molecule has 114 valence electrons. The largest absolute Gasteiger partial charge is 0.342 e. The molecule has 1 saturated heterocycles. The van der Waals surface area contributed by atoms with Gasteiger partial charge < -0.3 is 10.2 Å². The molecular weight excluding hydrogens is 252 g/mol. The number of amides is 2. The van der Waals surface area contributed by atoms with E-state index in [0.29, 0.717) is 0 Å². The van der Waals surface area contributed by atoms with Gasteiger partial charge in [-0.25, -0.2) is 0 Å². The molecule has 2 amide bonds. The Morgan fingerprint density at radius 3 is 2.30 bits per heavy atom. The van der Waals surface area contributed by atoms with E-state index in [4.69, 9.17) is 0 Å². The van der Waals surface area contributed by atoms with Gasteiger partial charge in [0.25, 0.3) is 0 Å². The van der Waals surface area contributed by atoms with Crippen LogP contribution >= 0.6 is 0 Å². The molecular formula is C16H28N2O2. The molecule has 0 bridgehead atoms. The van der Waals surface area contributed by atoms with E-state index >= 15 is 0 Å². The summed E-state index contributed by atoms with van der Waals surface area (Å²) in [6, 6.07) is -0.659. The Labute approximate surface area is 122 Å². The molecule has 20 heavy (non-hydrogen) atoms. The summed E-state index contributed by atoms with van der Waals surface area (Å²) in [5.74, 6) is 0.484. The van der Waals surface area contributed by atoms with Gasteiger partial charge in [-0.1, -0.05) is 34.1 Å². The van der Waals surface area contributed by atoms with Crippen LogP contribution < -0.4 is 5.32 Å². The lowest BCUT2D eigenvalue weighted by atomic mass is 9.74. The lowest BCUT2D eigenvalue weighted by Crippen LogP contribution is -2.72. The maximum absolute atomic E-state index is 12.9. The molecule has 2 rings (SSSR count). The van der Waals surface area contributed by atoms with Crippen molar-refractivity contribution in [1.82, 2.24) is 10.2 Å². The van der Waals surface area contributed by atoms with E-state index < -0.39 is 0 Å². The lowest BCUT2D eigenvalue weighted by Gasteiger charge is -2.55. The van der Waals surface area contributed by atoms with Crippen molar-refractivity contribution in [2.75, 3.05) is 0 Å². The van der Waals surface area contributed by atoms with E-state index in [1.807, 2.05) is 25.7 Å². The monoisotopic (exact) mass is 280 g/mol. The highest BCUT2D eigenvalue weighted by molar-refractivity contribution is 5.97. The summed E-state index contributed by atoms with van der Waals surface area (Å²) in [6.07, 6.45) is 4.08. The molecule has 1 N–H and O–H groups in total. The van der Waals surface area contributed by atoms with Crippen molar-refractivity contribution in [3.8, 4) is 0 Å². The van der Waals surface area contributed by atoms with Gasteiger partial charge in [0.1, 0.15) is 12.1 Å². The molecule has 4 heteroatoms. The van der Waals surface area contributed by atoms with Crippen LogP contribution in [0, 0.1) is 11.8 Å². The average Bonchev–Trinajstić information content (AvgIpc) is 2.36. The van der Waals surface area contributed by atoms with Gasteiger partial charge in [0.15, 0.2) is 0 Å². The SMILES string of the molecule is CCC(C)C1NC(=O)C(C(C)C)N(C2(C)CCC2)C1=O. The van der Waals surface area contributed by atoms with Crippen molar-refractivity contribution in [3.05, 3.63) is 0 Å². The third-order valence-corrected chi connectivity index (χ3v) is 5.20. The Morgan fingerprint density at radius 2 is 1.90 bits per heavy atom. The van der Waals surface area contributed by atoms with Gasteiger partial charge in [0.2, 0.25) is 11.8 Å². The second-order valence-corrected chi connectivity index (χ2v) is 7.12. The molecule has 3 atom stereocenters. The second kappa shape index (κ2) is 5.38. The third-order valence-electron chi connectivity index (χ3n) is 5.20. The van der Waals surface area contributed by atoms with E-state index in [1.54, 1.807) is 0 Å². The quantitative estimate of drug-likeness (QED) is 0.859. The van der Waals surface area contributed by atoms with Gasteiger partial charge in [-0.15, -0.1) is 0 Å². The topological polar surface area (TPSA) is 49.4 Å². The van der Waals surface area contributed by atoms with Crippen LogP contribution in [0.15, 0.2) is 0 Å². The van der Waals surface area contributed by atoms with Gasteiger partial charge in [0, 0.05) is 5.54 Å². The molecule has 0 spiro atoms. The number of nitrogens with zero attached hydrogens (tertiary/aromatic N) is 1. The van der Waals surface area contributed by atoms with Crippen molar-refractivity contribution in [1.29, 1.82) is 0 Å². The van der Waals surface area contributed by atoms with Gasteiger partial charge in [-0.3, -0.25) is 9.59 Å². The number of hydrogen-bond acceptors (Lipinski definition) is 2. The minimum atomic E-state index is -0.347. The van der Waals surface area contributed by atoms with Gasteiger partial charge >= 0.3 is 0 Å². The molecule has 2 fully saturated rings. The van der Waals surface area contributed by atoms with Crippen molar-refractivity contribution in [2.45, 2.75) is 77.9 Å². The zero-order valence-corrected chi connectivity index (χ0v) is 13.4. The molecule has 0 radical (unpaired) electrons. The van der Waals surface area contributed by atoms with Crippen LogP contribution in [0.5, 0.6) is 0 Å². The minimum absolute atomic E-state index is 0.0259. The van der Waals surface area contributed by atoms with Crippen LogP contribution in [-0.4, -0.2) is 34.3 Å². The van der Waals surface area contributed by atoms with Crippen molar-refractivity contribution in [2.24, 2.45) is 11.8 Å². The zero-order chi connectivity index (χ0) is 15.1. The fraction of sp³-hybridized carbons (Fsp3) is 0.875. The Kier molecular flexibility index (Phi) is 4.12. The first-order chi connectivity index (χ1) is 9.31. The normalized spacial score (nSPS) is 31.0. The van der Waals surface area contributed by atoms with Gasteiger partial charge in [-0.2, -0.15) is 0 Å². The Bertz CT molecular complexity index is 401. The van der Waals surface area contributed by atoms with E-state index in [2.05, 4.69) is 19.2 Å². The summed E-state index contributed by atoms with van der Waals surface area (Å²) in [7, 11) is 0.